The molecule has 0 amide bonds. The van der Waals surface area contributed by atoms with Gasteiger partial charge in [-0.05, 0) is 25.0 Å². The average molecular weight is 209 g/mol. The summed E-state index contributed by atoms with van der Waals surface area (Å²) in [6, 6.07) is 5.94. The first-order valence-electron chi connectivity index (χ1n) is 5.75. The van der Waals surface area contributed by atoms with E-state index >= 15 is 0 Å². The van der Waals surface area contributed by atoms with E-state index in [-0.39, 0.29) is 12.0 Å². The van der Waals surface area contributed by atoms with Gasteiger partial charge in [-0.15, -0.1) is 0 Å². The van der Waals surface area contributed by atoms with Crippen LogP contribution in [0.1, 0.15) is 46.2 Å². The van der Waals surface area contributed by atoms with Crippen LogP contribution < -0.4 is 0 Å². The van der Waals surface area contributed by atoms with Crippen LogP contribution in [0.15, 0.2) is 24.4 Å². The summed E-state index contributed by atoms with van der Waals surface area (Å²) in [5.41, 5.74) is 1.10. The number of aliphatic hydroxyl groups is 1. The zero-order valence-electron chi connectivity index (χ0n) is 10.3. The molecule has 0 aliphatic heterocycles. The largest absolute Gasteiger partial charge is 0.396 e. The predicted molar refractivity (Wildman–Crippen MR) is 64.9 cm³/mol. The highest BCUT2D eigenvalue weighted by atomic mass is 16.3. The van der Waals surface area contributed by atoms with Crippen LogP contribution in [0.25, 0.3) is 0 Å². The number of hydrogen-bond acceptors (Lipinski definition) is 2. The van der Waals surface area contributed by atoms with E-state index in [0.29, 0.717) is 0 Å². The topological polar surface area (TPSA) is 33.1 Å². The molecule has 2 heteroatoms. The van der Waals surface area contributed by atoms with Crippen LogP contribution in [-0.4, -0.2) is 16.7 Å². The highest BCUT2D eigenvalue weighted by Gasteiger charge is 2.24. The highest BCUT2D eigenvalue weighted by molar-refractivity contribution is 5.15. The van der Waals surface area contributed by atoms with Gasteiger partial charge in [-0.1, -0.05) is 33.8 Å². The van der Waals surface area contributed by atoms with E-state index in [0.717, 1.165) is 18.5 Å². The van der Waals surface area contributed by atoms with Gasteiger partial charge in [0.2, 0.25) is 0 Å². The molecule has 86 valence electrons. The Morgan fingerprint density at radius 1 is 1.33 bits per heavy atom. The molecule has 0 aromatic carbocycles. The monoisotopic (exact) mass is 209 g/mol. The van der Waals surface area contributed by atoms with Gasteiger partial charge in [0.1, 0.15) is 0 Å². The first kappa shape index (κ1) is 14.1. The molecule has 15 heavy (non-hydrogen) atoms. The van der Waals surface area contributed by atoms with Crippen molar-refractivity contribution in [3.63, 3.8) is 0 Å². The van der Waals surface area contributed by atoms with Crippen molar-refractivity contribution in [1.82, 2.24) is 4.98 Å². The lowest BCUT2D eigenvalue weighted by Gasteiger charge is -2.26. The third kappa shape index (κ3) is 4.00. The van der Waals surface area contributed by atoms with Crippen molar-refractivity contribution in [3.05, 3.63) is 30.1 Å². The molecule has 1 rings (SSSR count). The van der Waals surface area contributed by atoms with Crippen molar-refractivity contribution < 1.29 is 5.11 Å². The number of rotatable bonds is 4. The Hall–Kier alpha value is -0.890. The van der Waals surface area contributed by atoms with Crippen molar-refractivity contribution in [1.29, 1.82) is 0 Å². The zero-order chi connectivity index (χ0) is 11.7. The summed E-state index contributed by atoms with van der Waals surface area (Å²) in [5, 5.41) is 8.97. The van der Waals surface area contributed by atoms with Crippen molar-refractivity contribution in [2.24, 2.45) is 0 Å². The Morgan fingerprint density at radius 3 is 2.40 bits per heavy atom. The van der Waals surface area contributed by atoms with Crippen LogP contribution in [0.4, 0.5) is 0 Å². The van der Waals surface area contributed by atoms with E-state index < -0.39 is 0 Å². The SMILES string of the molecule is CC.CCC(C)(CCO)c1ccccn1. The van der Waals surface area contributed by atoms with Crippen LogP contribution in [0, 0.1) is 0 Å². The van der Waals surface area contributed by atoms with Gasteiger partial charge in [-0.3, -0.25) is 4.98 Å². The molecule has 0 saturated carbocycles. The lowest BCUT2D eigenvalue weighted by Crippen LogP contribution is -2.23. The van der Waals surface area contributed by atoms with Gasteiger partial charge in [0.15, 0.2) is 0 Å². The number of aliphatic hydroxyl groups excluding tert-OH is 1. The molecule has 1 unspecified atom stereocenters. The predicted octanol–water partition coefficient (Wildman–Crippen LogP) is 3.16. The fourth-order valence-electron chi connectivity index (χ4n) is 1.45. The van der Waals surface area contributed by atoms with Crippen LogP contribution in [0.5, 0.6) is 0 Å². The minimum absolute atomic E-state index is 0.0238. The normalized spacial score (nSPS) is 13.7. The Bertz CT molecular complexity index is 248. The van der Waals surface area contributed by atoms with E-state index in [1.807, 2.05) is 32.0 Å². The maximum absolute atomic E-state index is 8.97. The number of pyridine rings is 1. The fraction of sp³-hybridized carbons (Fsp3) is 0.615. The second kappa shape index (κ2) is 7.41. The number of nitrogens with zero attached hydrogens (tertiary/aromatic N) is 1. The minimum Gasteiger partial charge on any atom is -0.396 e. The number of hydrogen-bond donors (Lipinski definition) is 1. The van der Waals surface area contributed by atoms with Crippen molar-refractivity contribution in [2.45, 2.75) is 46.0 Å². The van der Waals surface area contributed by atoms with E-state index in [4.69, 9.17) is 5.11 Å². The van der Waals surface area contributed by atoms with Crippen LogP contribution in [0.3, 0.4) is 0 Å². The molecule has 1 N–H and O–H groups in total. The quantitative estimate of drug-likeness (QED) is 0.826. The summed E-state index contributed by atoms with van der Waals surface area (Å²) in [4.78, 5) is 4.33. The third-order valence-corrected chi connectivity index (χ3v) is 2.73. The summed E-state index contributed by atoms with van der Waals surface area (Å²) in [6.45, 7) is 8.50. The van der Waals surface area contributed by atoms with Crippen molar-refractivity contribution >= 4 is 0 Å². The molecule has 1 atom stereocenters. The van der Waals surface area contributed by atoms with Gasteiger partial charge in [-0.25, -0.2) is 0 Å². The average Bonchev–Trinajstić information content (AvgIpc) is 2.33. The molecule has 2 nitrogen and oxygen atoms in total. The first-order valence-corrected chi connectivity index (χ1v) is 5.75. The molecule has 1 heterocycles. The molecule has 0 aliphatic carbocycles. The van der Waals surface area contributed by atoms with E-state index in [2.05, 4.69) is 18.8 Å². The molecule has 0 radical (unpaired) electrons. The fourth-order valence-corrected chi connectivity index (χ4v) is 1.45. The van der Waals surface area contributed by atoms with Gasteiger partial charge in [-0.2, -0.15) is 0 Å². The molecule has 0 saturated heterocycles. The van der Waals surface area contributed by atoms with Crippen LogP contribution in [0.2, 0.25) is 0 Å². The standard InChI is InChI=1S/C11H17NO.C2H6/c1-3-11(2,7-9-13)10-6-4-5-8-12-10;1-2/h4-6,8,13H,3,7,9H2,1-2H3;1-2H3. The zero-order valence-corrected chi connectivity index (χ0v) is 10.3. The summed E-state index contributed by atoms with van der Waals surface area (Å²) in [6.07, 6.45) is 3.59. The lowest BCUT2D eigenvalue weighted by molar-refractivity contribution is 0.239. The molecule has 1 aromatic rings. The Kier molecular flexibility index (Phi) is 6.97. The van der Waals surface area contributed by atoms with Crippen LogP contribution >= 0.6 is 0 Å². The third-order valence-electron chi connectivity index (χ3n) is 2.73. The van der Waals surface area contributed by atoms with Gasteiger partial charge < -0.3 is 5.11 Å². The second-order valence-corrected chi connectivity index (χ2v) is 3.60. The first-order chi connectivity index (χ1) is 7.23. The Morgan fingerprint density at radius 2 is 2.00 bits per heavy atom. The van der Waals surface area contributed by atoms with Gasteiger partial charge in [0.25, 0.3) is 0 Å². The molecule has 0 spiro atoms. The summed E-state index contributed by atoms with van der Waals surface area (Å²) in [5.74, 6) is 0. The maximum Gasteiger partial charge on any atom is 0.0463 e. The lowest BCUT2D eigenvalue weighted by atomic mass is 9.81. The van der Waals surface area contributed by atoms with Gasteiger partial charge in [0, 0.05) is 23.9 Å². The van der Waals surface area contributed by atoms with E-state index in [9.17, 15) is 0 Å². The summed E-state index contributed by atoms with van der Waals surface area (Å²) in [7, 11) is 0. The molecule has 0 fully saturated rings. The van der Waals surface area contributed by atoms with Crippen molar-refractivity contribution in [2.75, 3.05) is 6.61 Å². The Labute approximate surface area is 93.4 Å². The molecule has 0 aliphatic rings. The van der Waals surface area contributed by atoms with Crippen molar-refractivity contribution in [3.8, 4) is 0 Å². The minimum atomic E-state index is 0.0238. The smallest absolute Gasteiger partial charge is 0.0463 e. The highest BCUT2D eigenvalue weighted by Crippen LogP contribution is 2.28. The van der Waals surface area contributed by atoms with Gasteiger partial charge >= 0.3 is 0 Å². The number of aromatic nitrogens is 1. The second-order valence-electron chi connectivity index (χ2n) is 3.60. The molecule has 0 bridgehead atoms. The molecule has 1 aromatic heterocycles. The molecular weight excluding hydrogens is 186 g/mol. The van der Waals surface area contributed by atoms with Crippen LogP contribution in [-0.2, 0) is 5.41 Å². The maximum atomic E-state index is 8.97. The molecular formula is C13H23NO. The van der Waals surface area contributed by atoms with Gasteiger partial charge in [0.05, 0.1) is 0 Å². The summed E-state index contributed by atoms with van der Waals surface area (Å²) >= 11 is 0. The van der Waals surface area contributed by atoms with E-state index in [1.54, 1.807) is 6.20 Å². The summed E-state index contributed by atoms with van der Waals surface area (Å²) < 4.78 is 0. The Balaban J connectivity index is 0.000000921. The van der Waals surface area contributed by atoms with E-state index in [1.165, 1.54) is 0 Å².